The minimum absolute atomic E-state index is 0.0675. The van der Waals surface area contributed by atoms with Crippen molar-refractivity contribution < 1.29 is 24.3 Å². The molecule has 8 nitrogen and oxygen atoms in total. The Morgan fingerprint density at radius 3 is 2.09 bits per heavy atom. The number of hydrogen-bond acceptors (Lipinski definition) is 4. The topological polar surface area (TPSA) is 116 Å². The van der Waals surface area contributed by atoms with Gasteiger partial charge in [-0.05, 0) is 23.8 Å². The predicted molar refractivity (Wildman–Crippen MR) is 123 cm³/mol. The standard InChI is InChI=1S/C24H37N3O5/c1-7-16(4)21(25-17(5)28)23(30)27(6)20(14-18-11-9-8-10-12-18)22(29)26-19(24(31)32)13-15(2)3/h8-12,15-16,19-21H,7,13-14H2,1-6H3,(H,25,28)(H,26,29)(H,31,32)/t16-,19+,20-,21+/m1/s1. The van der Waals surface area contributed by atoms with Crippen molar-refractivity contribution in [3.05, 3.63) is 35.9 Å². The van der Waals surface area contributed by atoms with Crippen molar-refractivity contribution in [1.82, 2.24) is 15.5 Å². The van der Waals surface area contributed by atoms with E-state index in [0.717, 1.165) is 5.56 Å². The van der Waals surface area contributed by atoms with Crippen LogP contribution in [0.1, 0.15) is 53.0 Å². The fraction of sp³-hybridized carbons (Fsp3) is 0.583. The van der Waals surface area contributed by atoms with Crippen molar-refractivity contribution in [2.75, 3.05) is 7.05 Å². The van der Waals surface area contributed by atoms with Gasteiger partial charge in [-0.1, -0.05) is 64.4 Å². The van der Waals surface area contributed by atoms with Crippen LogP contribution in [0.15, 0.2) is 30.3 Å². The van der Waals surface area contributed by atoms with Crippen LogP contribution in [0, 0.1) is 11.8 Å². The van der Waals surface area contributed by atoms with E-state index in [0.29, 0.717) is 6.42 Å². The van der Waals surface area contributed by atoms with E-state index in [-0.39, 0.29) is 36.5 Å². The number of carboxylic acids is 1. The first kappa shape index (κ1) is 27.1. The molecule has 0 aliphatic carbocycles. The minimum Gasteiger partial charge on any atom is -0.480 e. The maximum absolute atomic E-state index is 13.3. The van der Waals surface area contributed by atoms with E-state index in [1.54, 1.807) is 0 Å². The fourth-order valence-electron chi connectivity index (χ4n) is 3.48. The van der Waals surface area contributed by atoms with Crippen LogP contribution in [0.25, 0.3) is 0 Å². The van der Waals surface area contributed by atoms with Crippen LogP contribution in [-0.2, 0) is 25.6 Å². The van der Waals surface area contributed by atoms with Crippen molar-refractivity contribution in [2.45, 2.75) is 72.0 Å². The summed E-state index contributed by atoms with van der Waals surface area (Å²) in [6, 6.07) is 6.47. The molecule has 0 aliphatic heterocycles. The summed E-state index contributed by atoms with van der Waals surface area (Å²) >= 11 is 0. The molecule has 1 aromatic carbocycles. The lowest BCUT2D eigenvalue weighted by molar-refractivity contribution is -0.146. The Morgan fingerprint density at radius 2 is 1.62 bits per heavy atom. The van der Waals surface area contributed by atoms with E-state index in [1.165, 1.54) is 18.9 Å². The maximum Gasteiger partial charge on any atom is 0.326 e. The second-order valence-corrected chi connectivity index (χ2v) is 8.75. The average molecular weight is 448 g/mol. The number of rotatable bonds is 12. The SMILES string of the molecule is CC[C@@H](C)[C@H](NC(C)=O)C(=O)N(C)[C@H](Cc1ccccc1)C(=O)N[C@@H](CC(C)C)C(=O)O. The van der Waals surface area contributed by atoms with Gasteiger partial charge in [0.2, 0.25) is 17.7 Å². The summed E-state index contributed by atoms with van der Waals surface area (Å²) in [6.45, 7) is 8.89. The van der Waals surface area contributed by atoms with Crippen molar-refractivity contribution in [1.29, 1.82) is 0 Å². The molecule has 4 atom stereocenters. The Labute approximate surface area is 190 Å². The highest BCUT2D eigenvalue weighted by Crippen LogP contribution is 2.16. The van der Waals surface area contributed by atoms with Crippen LogP contribution >= 0.6 is 0 Å². The van der Waals surface area contributed by atoms with E-state index < -0.39 is 30.0 Å². The summed E-state index contributed by atoms with van der Waals surface area (Å²) in [6.07, 6.45) is 1.16. The molecule has 0 aliphatic rings. The molecule has 0 radical (unpaired) electrons. The summed E-state index contributed by atoms with van der Waals surface area (Å²) in [5.74, 6) is -2.44. The number of hydrogen-bond donors (Lipinski definition) is 3. The lowest BCUT2D eigenvalue weighted by Gasteiger charge is -2.33. The molecule has 0 saturated heterocycles. The lowest BCUT2D eigenvalue weighted by Crippen LogP contribution is -2.58. The number of nitrogens with zero attached hydrogens (tertiary/aromatic N) is 1. The van der Waals surface area contributed by atoms with E-state index in [1.807, 2.05) is 58.0 Å². The summed E-state index contributed by atoms with van der Waals surface area (Å²) in [5.41, 5.74) is 0.836. The summed E-state index contributed by atoms with van der Waals surface area (Å²) < 4.78 is 0. The number of likely N-dealkylation sites (N-methyl/N-ethyl adjacent to an activating group) is 1. The Morgan fingerprint density at radius 1 is 1.03 bits per heavy atom. The second kappa shape index (κ2) is 12.8. The first-order chi connectivity index (χ1) is 15.0. The third-order valence-corrected chi connectivity index (χ3v) is 5.55. The Balaban J connectivity index is 3.23. The maximum atomic E-state index is 13.3. The smallest absolute Gasteiger partial charge is 0.326 e. The largest absolute Gasteiger partial charge is 0.480 e. The highest BCUT2D eigenvalue weighted by atomic mass is 16.4. The van der Waals surface area contributed by atoms with E-state index in [2.05, 4.69) is 10.6 Å². The van der Waals surface area contributed by atoms with Gasteiger partial charge in [0.15, 0.2) is 0 Å². The predicted octanol–water partition coefficient (Wildman–Crippen LogP) is 2.22. The van der Waals surface area contributed by atoms with E-state index in [4.69, 9.17) is 0 Å². The van der Waals surface area contributed by atoms with Crippen molar-refractivity contribution in [3.8, 4) is 0 Å². The number of amides is 3. The third-order valence-electron chi connectivity index (χ3n) is 5.55. The lowest BCUT2D eigenvalue weighted by atomic mass is 9.96. The molecule has 1 aromatic rings. The molecule has 0 bridgehead atoms. The fourth-order valence-corrected chi connectivity index (χ4v) is 3.48. The normalized spacial score (nSPS) is 14.7. The summed E-state index contributed by atoms with van der Waals surface area (Å²) in [4.78, 5) is 51.2. The zero-order chi connectivity index (χ0) is 24.4. The number of carbonyl (C=O) groups is 4. The first-order valence-electron chi connectivity index (χ1n) is 11.1. The van der Waals surface area contributed by atoms with Gasteiger partial charge in [-0.2, -0.15) is 0 Å². The van der Waals surface area contributed by atoms with Gasteiger partial charge < -0.3 is 20.6 Å². The first-order valence-corrected chi connectivity index (χ1v) is 11.1. The average Bonchev–Trinajstić information content (AvgIpc) is 2.73. The van der Waals surface area contributed by atoms with Crippen LogP contribution in [0.3, 0.4) is 0 Å². The number of carboxylic acid groups (broad SMARTS) is 1. The molecule has 1 rings (SSSR count). The van der Waals surface area contributed by atoms with Gasteiger partial charge in [0, 0.05) is 20.4 Å². The number of benzene rings is 1. The summed E-state index contributed by atoms with van der Waals surface area (Å²) in [5, 5.41) is 14.8. The number of nitrogens with one attached hydrogen (secondary N) is 2. The molecule has 3 amide bonds. The van der Waals surface area contributed by atoms with Gasteiger partial charge in [0.25, 0.3) is 0 Å². The van der Waals surface area contributed by atoms with Crippen molar-refractivity contribution in [2.24, 2.45) is 11.8 Å². The number of carbonyl (C=O) groups excluding carboxylic acids is 3. The summed E-state index contributed by atoms with van der Waals surface area (Å²) in [7, 11) is 1.52. The van der Waals surface area contributed by atoms with Crippen LogP contribution in [0.2, 0.25) is 0 Å². The molecule has 32 heavy (non-hydrogen) atoms. The van der Waals surface area contributed by atoms with Crippen molar-refractivity contribution >= 4 is 23.7 Å². The molecule has 0 spiro atoms. The highest BCUT2D eigenvalue weighted by molar-refractivity contribution is 5.93. The van der Waals surface area contributed by atoms with Crippen LogP contribution in [0.4, 0.5) is 0 Å². The molecule has 0 saturated carbocycles. The van der Waals surface area contributed by atoms with Gasteiger partial charge in [0.05, 0.1) is 0 Å². The monoisotopic (exact) mass is 447 g/mol. The van der Waals surface area contributed by atoms with E-state index in [9.17, 15) is 24.3 Å². The van der Waals surface area contributed by atoms with Gasteiger partial charge in [-0.25, -0.2) is 4.79 Å². The molecule has 0 heterocycles. The number of aliphatic carboxylic acids is 1. The molecule has 0 fully saturated rings. The van der Waals surface area contributed by atoms with Gasteiger partial charge in [-0.3, -0.25) is 14.4 Å². The third kappa shape index (κ3) is 8.32. The van der Waals surface area contributed by atoms with Crippen LogP contribution in [0.5, 0.6) is 0 Å². The Kier molecular flexibility index (Phi) is 10.9. The van der Waals surface area contributed by atoms with Gasteiger partial charge >= 0.3 is 5.97 Å². The molecule has 0 unspecified atom stereocenters. The molecule has 178 valence electrons. The van der Waals surface area contributed by atoms with Gasteiger partial charge in [0.1, 0.15) is 18.1 Å². The molecule has 8 heteroatoms. The van der Waals surface area contributed by atoms with Gasteiger partial charge in [-0.15, -0.1) is 0 Å². The zero-order valence-electron chi connectivity index (χ0n) is 19.9. The molecular weight excluding hydrogens is 410 g/mol. The highest BCUT2D eigenvalue weighted by Gasteiger charge is 2.35. The van der Waals surface area contributed by atoms with E-state index >= 15 is 0 Å². The Hall–Kier alpha value is -2.90. The zero-order valence-corrected chi connectivity index (χ0v) is 19.9. The molecule has 0 aromatic heterocycles. The van der Waals surface area contributed by atoms with Crippen molar-refractivity contribution in [3.63, 3.8) is 0 Å². The second-order valence-electron chi connectivity index (χ2n) is 8.75. The van der Waals surface area contributed by atoms with Crippen LogP contribution in [-0.4, -0.2) is 58.9 Å². The molecular formula is C24H37N3O5. The molecule has 3 N–H and O–H groups in total. The van der Waals surface area contributed by atoms with Crippen LogP contribution < -0.4 is 10.6 Å². The Bertz CT molecular complexity index is 781. The minimum atomic E-state index is -1.12. The quantitative estimate of drug-likeness (QED) is 0.454.